The Hall–Kier alpha value is -1.75. The Morgan fingerprint density at radius 3 is 2.93 bits per heavy atom. The molecule has 0 amide bonds. The number of ketones is 1. The van der Waals surface area contributed by atoms with Gasteiger partial charge >= 0.3 is 0 Å². The van der Waals surface area contributed by atoms with E-state index in [-0.39, 0.29) is 17.2 Å². The molecule has 0 unspecified atom stereocenters. The minimum atomic E-state index is -0.325. The number of hydrogen-bond acceptors (Lipinski definition) is 4. The van der Waals surface area contributed by atoms with Crippen LogP contribution in [-0.2, 0) is 7.05 Å². The number of halogens is 1. The number of rotatable bonds is 2. The highest BCUT2D eigenvalue weighted by molar-refractivity contribution is 6.34. The molecule has 2 heterocycles. The van der Waals surface area contributed by atoms with Crippen molar-refractivity contribution in [2.75, 3.05) is 0 Å². The van der Waals surface area contributed by atoms with Gasteiger partial charge in [0.15, 0.2) is 5.69 Å². The predicted molar refractivity (Wildman–Crippen MR) is 53.7 cm³/mol. The minimum absolute atomic E-state index is 0.194. The molecule has 0 atom stereocenters. The van der Waals surface area contributed by atoms with Crippen LogP contribution in [0.2, 0.25) is 5.02 Å². The molecule has 0 spiro atoms. The fourth-order valence-corrected chi connectivity index (χ4v) is 1.33. The average Bonchev–Trinajstić information content (AvgIpc) is 2.65. The van der Waals surface area contributed by atoms with Gasteiger partial charge in [-0.15, -0.1) is 5.10 Å². The second-order valence-corrected chi connectivity index (χ2v) is 3.35. The van der Waals surface area contributed by atoms with E-state index in [1.54, 1.807) is 19.2 Å². The van der Waals surface area contributed by atoms with Crippen molar-refractivity contribution in [3.63, 3.8) is 0 Å². The summed E-state index contributed by atoms with van der Waals surface area (Å²) in [6.45, 7) is 0. The summed E-state index contributed by atoms with van der Waals surface area (Å²) in [4.78, 5) is 15.7. The SMILES string of the molecule is Cn1cc(C(=O)c2ncccc2Cl)nn1. The third kappa shape index (κ3) is 1.87. The van der Waals surface area contributed by atoms with Crippen LogP contribution < -0.4 is 0 Å². The van der Waals surface area contributed by atoms with E-state index in [1.165, 1.54) is 17.1 Å². The topological polar surface area (TPSA) is 60.7 Å². The van der Waals surface area contributed by atoms with Gasteiger partial charge in [-0.25, -0.2) is 0 Å². The fourth-order valence-electron chi connectivity index (χ4n) is 1.13. The van der Waals surface area contributed by atoms with Crippen LogP contribution in [0.1, 0.15) is 16.2 Å². The van der Waals surface area contributed by atoms with Crippen molar-refractivity contribution in [3.05, 3.63) is 40.9 Å². The number of nitrogens with zero attached hydrogens (tertiary/aromatic N) is 4. The third-order valence-electron chi connectivity index (χ3n) is 1.81. The van der Waals surface area contributed by atoms with Gasteiger partial charge in [0.1, 0.15) is 5.69 Å². The van der Waals surface area contributed by atoms with Gasteiger partial charge in [0.25, 0.3) is 0 Å². The second kappa shape index (κ2) is 3.78. The number of hydrogen-bond donors (Lipinski definition) is 0. The van der Waals surface area contributed by atoms with Crippen molar-refractivity contribution >= 4 is 17.4 Å². The van der Waals surface area contributed by atoms with Crippen molar-refractivity contribution in [2.45, 2.75) is 0 Å². The van der Waals surface area contributed by atoms with Crippen molar-refractivity contribution in [1.29, 1.82) is 0 Å². The first-order chi connectivity index (χ1) is 7.18. The van der Waals surface area contributed by atoms with Crippen LogP contribution in [0.15, 0.2) is 24.5 Å². The first-order valence-electron chi connectivity index (χ1n) is 4.20. The molecule has 2 aromatic rings. The molecule has 0 bridgehead atoms. The lowest BCUT2D eigenvalue weighted by atomic mass is 10.2. The molecule has 0 fully saturated rings. The normalized spacial score (nSPS) is 10.3. The Bertz CT molecular complexity index is 508. The van der Waals surface area contributed by atoms with Gasteiger partial charge in [-0.2, -0.15) is 0 Å². The van der Waals surface area contributed by atoms with Gasteiger partial charge in [0.05, 0.1) is 11.2 Å². The molecule has 15 heavy (non-hydrogen) atoms. The van der Waals surface area contributed by atoms with Gasteiger partial charge < -0.3 is 0 Å². The number of pyridine rings is 1. The summed E-state index contributed by atoms with van der Waals surface area (Å²) < 4.78 is 1.45. The van der Waals surface area contributed by atoms with E-state index >= 15 is 0 Å². The zero-order valence-corrected chi connectivity index (χ0v) is 8.64. The van der Waals surface area contributed by atoms with Crippen LogP contribution in [0.3, 0.4) is 0 Å². The molecule has 2 aromatic heterocycles. The molecule has 0 aliphatic rings. The number of carbonyl (C=O) groups excluding carboxylic acids is 1. The molecule has 6 heteroatoms. The summed E-state index contributed by atoms with van der Waals surface area (Å²) >= 11 is 5.84. The van der Waals surface area contributed by atoms with Gasteiger partial charge in [-0.05, 0) is 12.1 Å². The Morgan fingerprint density at radius 2 is 2.33 bits per heavy atom. The lowest BCUT2D eigenvalue weighted by Crippen LogP contribution is -2.05. The number of aryl methyl sites for hydroxylation is 1. The summed E-state index contributed by atoms with van der Waals surface area (Å²) in [7, 11) is 1.68. The first-order valence-corrected chi connectivity index (χ1v) is 4.58. The van der Waals surface area contributed by atoms with Crippen molar-refractivity contribution in [2.24, 2.45) is 7.05 Å². The maximum atomic E-state index is 11.8. The van der Waals surface area contributed by atoms with E-state index in [2.05, 4.69) is 15.3 Å². The van der Waals surface area contributed by atoms with E-state index in [1.807, 2.05) is 0 Å². The molecule has 0 saturated heterocycles. The van der Waals surface area contributed by atoms with Crippen LogP contribution in [0.4, 0.5) is 0 Å². The summed E-state index contributed by atoms with van der Waals surface area (Å²) in [5.41, 5.74) is 0.428. The van der Waals surface area contributed by atoms with Gasteiger partial charge in [-0.1, -0.05) is 16.8 Å². The number of aromatic nitrogens is 4. The standard InChI is InChI=1S/C9H7ClN4O/c1-14-5-7(12-13-14)9(15)8-6(10)3-2-4-11-8/h2-5H,1H3. The predicted octanol–water partition coefficient (Wildman–Crippen LogP) is 1.09. The number of carbonyl (C=O) groups is 1. The first kappa shape index (κ1) is 9.79. The molecule has 0 N–H and O–H groups in total. The average molecular weight is 223 g/mol. The Morgan fingerprint density at radius 1 is 1.53 bits per heavy atom. The van der Waals surface area contributed by atoms with E-state index < -0.39 is 0 Å². The Kier molecular flexibility index (Phi) is 2.47. The molecule has 5 nitrogen and oxygen atoms in total. The van der Waals surface area contributed by atoms with Crippen LogP contribution in [0.5, 0.6) is 0 Å². The maximum Gasteiger partial charge on any atom is 0.234 e. The van der Waals surface area contributed by atoms with E-state index in [4.69, 9.17) is 11.6 Å². The Labute approximate surface area is 90.7 Å². The molecule has 0 aliphatic carbocycles. The third-order valence-corrected chi connectivity index (χ3v) is 2.11. The summed E-state index contributed by atoms with van der Waals surface area (Å²) in [5.74, 6) is -0.325. The van der Waals surface area contributed by atoms with Crippen molar-refractivity contribution in [1.82, 2.24) is 20.0 Å². The summed E-state index contributed by atoms with van der Waals surface area (Å²) in [6, 6.07) is 3.27. The van der Waals surface area contributed by atoms with Crippen LogP contribution in [0.25, 0.3) is 0 Å². The van der Waals surface area contributed by atoms with E-state index in [0.29, 0.717) is 5.02 Å². The molecular weight excluding hydrogens is 216 g/mol. The summed E-state index contributed by atoms with van der Waals surface area (Å²) in [5, 5.41) is 7.68. The quantitative estimate of drug-likeness (QED) is 0.714. The monoisotopic (exact) mass is 222 g/mol. The second-order valence-electron chi connectivity index (χ2n) is 2.94. The molecule has 0 radical (unpaired) electrons. The van der Waals surface area contributed by atoms with Crippen molar-refractivity contribution < 1.29 is 4.79 Å². The zero-order chi connectivity index (χ0) is 10.8. The molecule has 0 aliphatic heterocycles. The smallest absolute Gasteiger partial charge is 0.234 e. The molecular formula is C9H7ClN4O. The van der Waals surface area contributed by atoms with Crippen LogP contribution in [-0.4, -0.2) is 25.8 Å². The molecule has 76 valence electrons. The van der Waals surface area contributed by atoms with E-state index in [0.717, 1.165) is 0 Å². The maximum absolute atomic E-state index is 11.8. The zero-order valence-electron chi connectivity index (χ0n) is 7.88. The highest BCUT2D eigenvalue weighted by atomic mass is 35.5. The lowest BCUT2D eigenvalue weighted by Gasteiger charge is -1.97. The highest BCUT2D eigenvalue weighted by Gasteiger charge is 2.16. The summed E-state index contributed by atoms with van der Waals surface area (Å²) in [6.07, 6.45) is 3.03. The lowest BCUT2D eigenvalue weighted by molar-refractivity contribution is 0.103. The largest absolute Gasteiger partial charge is 0.285 e. The van der Waals surface area contributed by atoms with Crippen LogP contribution in [0, 0.1) is 0 Å². The van der Waals surface area contributed by atoms with E-state index in [9.17, 15) is 4.79 Å². The molecule has 0 saturated carbocycles. The van der Waals surface area contributed by atoms with Gasteiger partial charge in [0.2, 0.25) is 5.78 Å². The minimum Gasteiger partial charge on any atom is -0.285 e. The fraction of sp³-hybridized carbons (Fsp3) is 0.111. The van der Waals surface area contributed by atoms with Crippen molar-refractivity contribution in [3.8, 4) is 0 Å². The van der Waals surface area contributed by atoms with Gasteiger partial charge in [-0.3, -0.25) is 14.5 Å². The van der Waals surface area contributed by atoms with Gasteiger partial charge in [0, 0.05) is 13.2 Å². The molecule has 2 rings (SSSR count). The molecule has 0 aromatic carbocycles. The van der Waals surface area contributed by atoms with Crippen LogP contribution >= 0.6 is 11.6 Å². The Balaban J connectivity index is 2.41. The highest BCUT2D eigenvalue weighted by Crippen LogP contribution is 2.15.